The van der Waals surface area contributed by atoms with Crippen molar-refractivity contribution in [3.05, 3.63) is 66.5 Å². The van der Waals surface area contributed by atoms with Crippen LogP contribution < -0.4 is 4.90 Å². The maximum Gasteiger partial charge on any atom is 0.490 e. The molecule has 0 saturated carbocycles. The summed E-state index contributed by atoms with van der Waals surface area (Å²) >= 11 is 0. The van der Waals surface area contributed by atoms with Gasteiger partial charge < -0.3 is 14.9 Å². The van der Waals surface area contributed by atoms with E-state index in [1.807, 2.05) is 36.4 Å². The first kappa shape index (κ1) is 24.2. The summed E-state index contributed by atoms with van der Waals surface area (Å²) in [6.07, 6.45) is 1.27. The number of nitrogens with zero attached hydrogens (tertiary/aromatic N) is 4. The van der Waals surface area contributed by atoms with Crippen molar-refractivity contribution >= 4 is 17.8 Å². The minimum atomic E-state index is -5.08. The zero-order valence-corrected chi connectivity index (χ0v) is 18.1. The first-order valence-corrected chi connectivity index (χ1v) is 10.4. The van der Waals surface area contributed by atoms with Gasteiger partial charge in [-0.15, -0.1) is 6.58 Å². The standard InChI is InChI=1S/C21H24N4O.C2HF3O2/c1-3-10-24-11-9-21(19(24)26)15-25(20-22-12-16(2)13-23-20)14-18(21)17-7-5-4-6-8-17;3-2(4,5)1(6)7/h3-8,12-13,18H,1,9-11,14-15H2,2H3;(H,6,7)/t18-,21+;/m0./s1. The lowest BCUT2D eigenvalue weighted by molar-refractivity contribution is -0.192. The maximum atomic E-state index is 13.3. The van der Waals surface area contributed by atoms with Crippen LogP contribution >= 0.6 is 0 Å². The number of halogens is 3. The van der Waals surface area contributed by atoms with Crippen LogP contribution in [0.5, 0.6) is 0 Å². The van der Waals surface area contributed by atoms with Crippen LogP contribution in [0.2, 0.25) is 0 Å². The molecule has 7 nitrogen and oxygen atoms in total. The normalized spacial score (nSPS) is 22.3. The summed E-state index contributed by atoms with van der Waals surface area (Å²) < 4.78 is 31.7. The third-order valence-electron chi connectivity index (χ3n) is 5.93. The van der Waals surface area contributed by atoms with Gasteiger partial charge in [-0.3, -0.25) is 4.79 Å². The van der Waals surface area contributed by atoms with E-state index < -0.39 is 17.6 Å². The van der Waals surface area contributed by atoms with Crippen molar-refractivity contribution < 1.29 is 27.9 Å². The summed E-state index contributed by atoms with van der Waals surface area (Å²) in [4.78, 5) is 35.3. The second-order valence-corrected chi connectivity index (χ2v) is 8.15. The highest BCUT2D eigenvalue weighted by Crippen LogP contribution is 2.50. The number of carboxylic acid groups (broad SMARTS) is 1. The van der Waals surface area contributed by atoms with Gasteiger partial charge in [0.15, 0.2) is 0 Å². The molecule has 2 fully saturated rings. The van der Waals surface area contributed by atoms with Crippen molar-refractivity contribution in [2.24, 2.45) is 5.41 Å². The molecule has 33 heavy (non-hydrogen) atoms. The Hall–Kier alpha value is -3.43. The first-order chi connectivity index (χ1) is 15.6. The van der Waals surface area contributed by atoms with Crippen molar-refractivity contribution in [2.45, 2.75) is 25.4 Å². The Balaban J connectivity index is 0.000000383. The fourth-order valence-electron chi connectivity index (χ4n) is 4.38. The van der Waals surface area contributed by atoms with Crippen molar-refractivity contribution in [2.75, 3.05) is 31.1 Å². The largest absolute Gasteiger partial charge is 0.490 e. The van der Waals surface area contributed by atoms with Gasteiger partial charge >= 0.3 is 12.1 Å². The van der Waals surface area contributed by atoms with E-state index >= 15 is 0 Å². The predicted molar refractivity (Wildman–Crippen MR) is 116 cm³/mol. The number of hydrogen-bond donors (Lipinski definition) is 1. The van der Waals surface area contributed by atoms with Gasteiger partial charge in [0, 0.05) is 44.5 Å². The highest BCUT2D eigenvalue weighted by atomic mass is 19.4. The van der Waals surface area contributed by atoms with Gasteiger partial charge in [-0.1, -0.05) is 36.4 Å². The molecule has 1 amide bonds. The number of anilines is 1. The summed E-state index contributed by atoms with van der Waals surface area (Å²) in [7, 11) is 0. The maximum absolute atomic E-state index is 13.3. The minimum absolute atomic E-state index is 0.149. The molecule has 1 spiro atoms. The van der Waals surface area contributed by atoms with Gasteiger partial charge in [0.25, 0.3) is 0 Å². The Kier molecular flexibility index (Phi) is 7.04. The van der Waals surface area contributed by atoms with Gasteiger partial charge in [-0.2, -0.15) is 13.2 Å². The fourth-order valence-corrected chi connectivity index (χ4v) is 4.38. The average Bonchev–Trinajstić information content (AvgIpc) is 3.31. The molecule has 1 N–H and O–H groups in total. The molecule has 0 aliphatic carbocycles. The summed E-state index contributed by atoms with van der Waals surface area (Å²) in [6.45, 7) is 8.62. The van der Waals surface area contributed by atoms with Gasteiger partial charge in [0.05, 0.1) is 5.41 Å². The zero-order valence-electron chi connectivity index (χ0n) is 18.1. The van der Waals surface area contributed by atoms with Crippen LogP contribution in [-0.2, 0) is 9.59 Å². The molecule has 2 atom stereocenters. The topological polar surface area (TPSA) is 86.6 Å². The van der Waals surface area contributed by atoms with Crippen LogP contribution in [0.15, 0.2) is 55.4 Å². The summed E-state index contributed by atoms with van der Waals surface area (Å²) in [5.74, 6) is -1.66. The van der Waals surface area contributed by atoms with E-state index in [1.165, 1.54) is 5.56 Å². The Labute approximate surface area is 189 Å². The van der Waals surface area contributed by atoms with Crippen LogP contribution in [0, 0.1) is 12.3 Å². The second kappa shape index (κ2) is 9.60. The third-order valence-corrected chi connectivity index (χ3v) is 5.93. The van der Waals surface area contributed by atoms with E-state index in [-0.39, 0.29) is 11.8 Å². The van der Waals surface area contributed by atoms with Gasteiger partial charge in [0.2, 0.25) is 11.9 Å². The predicted octanol–water partition coefficient (Wildman–Crippen LogP) is 3.43. The molecular formula is C23H25F3N4O3. The van der Waals surface area contributed by atoms with Crippen LogP contribution in [0.1, 0.15) is 23.5 Å². The fraction of sp³-hybridized carbons (Fsp3) is 0.391. The Morgan fingerprint density at radius 3 is 2.42 bits per heavy atom. The number of rotatable bonds is 4. The number of aliphatic carboxylic acids is 1. The van der Waals surface area contributed by atoms with Crippen LogP contribution in [0.3, 0.4) is 0 Å². The third kappa shape index (κ3) is 5.15. The smallest absolute Gasteiger partial charge is 0.475 e. The highest BCUT2D eigenvalue weighted by molar-refractivity contribution is 5.88. The number of benzene rings is 1. The Morgan fingerprint density at radius 2 is 1.88 bits per heavy atom. The number of carbonyl (C=O) groups is 2. The van der Waals surface area contributed by atoms with Crippen molar-refractivity contribution in [1.82, 2.24) is 14.9 Å². The van der Waals surface area contributed by atoms with Gasteiger partial charge in [-0.25, -0.2) is 14.8 Å². The lowest BCUT2D eigenvalue weighted by atomic mass is 9.73. The molecule has 2 aromatic rings. The molecule has 10 heteroatoms. The van der Waals surface area contributed by atoms with E-state index in [4.69, 9.17) is 9.90 Å². The number of carbonyl (C=O) groups excluding carboxylic acids is 1. The lowest BCUT2D eigenvalue weighted by Gasteiger charge is -2.28. The molecule has 0 bridgehead atoms. The number of alkyl halides is 3. The van der Waals surface area contributed by atoms with Crippen molar-refractivity contribution in [1.29, 1.82) is 0 Å². The molecule has 0 radical (unpaired) electrons. The van der Waals surface area contributed by atoms with Crippen LogP contribution in [0.4, 0.5) is 19.1 Å². The number of hydrogen-bond acceptors (Lipinski definition) is 5. The molecular weight excluding hydrogens is 437 g/mol. The molecule has 3 heterocycles. The molecule has 0 unspecified atom stereocenters. The molecule has 1 aromatic heterocycles. The van der Waals surface area contributed by atoms with Crippen LogP contribution in [0.25, 0.3) is 0 Å². The molecule has 2 aliphatic rings. The van der Waals surface area contributed by atoms with Gasteiger partial charge in [-0.05, 0) is 24.5 Å². The Morgan fingerprint density at radius 1 is 1.27 bits per heavy atom. The van der Waals surface area contributed by atoms with Gasteiger partial charge in [0.1, 0.15) is 0 Å². The molecule has 1 aromatic carbocycles. The minimum Gasteiger partial charge on any atom is -0.475 e. The second-order valence-electron chi connectivity index (χ2n) is 8.15. The van der Waals surface area contributed by atoms with E-state index in [0.29, 0.717) is 19.0 Å². The number of aryl methyl sites for hydroxylation is 1. The summed E-state index contributed by atoms with van der Waals surface area (Å²) in [5, 5.41) is 7.12. The summed E-state index contributed by atoms with van der Waals surface area (Å²) in [6, 6.07) is 10.4. The Bertz CT molecular complexity index is 998. The highest BCUT2D eigenvalue weighted by Gasteiger charge is 2.57. The van der Waals surface area contributed by atoms with E-state index in [1.54, 1.807) is 0 Å². The van der Waals surface area contributed by atoms with E-state index in [9.17, 15) is 18.0 Å². The summed E-state index contributed by atoms with van der Waals surface area (Å²) in [5.41, 5.74) is 1.85. The number of amides is 1. The number of likely N-dealkylation sites (tertiary alicyclic amines) is 1. The monoisotopic (exact) mass is 462 g/mol. The van der Waals surface area contributed by atoms with Crippen molar-refractivity contribution in [3.63, 3.8) is 0 Å². The van der Waals surface area contributed by atoms with E-state index in [2.05, 4.69) is 45.7 Å². The van der Waals surface area contributed by atoms with Crippen LogP contribution in [-0.4, -0.2) is 64.2 Å². The first-order valence-electron chi connectivity index (χ1n) is 10.4. The zero-order chi connectivity index (χ0) is 24.2. The SMILES string of the molecule is C=CCN1CC[C@]2(CN(c3ncc(C)cn3)C[C@H]2c2ccccc2)C1=O.O=C(O)C(F)(F)F. The lowest BCUT2D eigenvalue weighted by Crippen LogP contribution is -2.39. The quantitative estimate of drug-likeness (QED) is 0.701. The molecule has 2 aliphatic heterocycles. The molecule has 176 valence electrons. The van der Waals surface area contributed by atoms with Crippen molar-refractivity contribution in [3.8, 4) is 0 Å². The van der Waals surface area contributed by atoms with E-state index in [0.717, 1.165) is 25.1 Å². The average molecular weight is 462 g/mol. The number of carboxylic acids is 1. The molecule has 2 saturated heterocycles. The molecule has 4 rings (SSSR count). The number of aromatic nitrogens is 2.